The second-order valence-electron chi connectivity index (χ2n) is 5.93. The zero-order chi connectivity index (χ0) is 21.1. The average Bonchev–Trinajstić information content (AvgIpc) is 2.75. The Morgan fingerprint density at radius 1 is 0.897 bits per heavy atom. The maximum Gasteiger partial charge on any atom is 0.325 e. The molecule has 0 aliphatic carbocycles. The normalized spacial score (nSPS) is 10.0. The molecule has 2 aromatic carbocycles. The molecule has 2 N–H and O–H groups in total. The van der Waals surface area contributed by atoms with Crippen LogP contribution in [0.5, 0.6) is 11.5 Å². The van der Waals surface area contributed by atoms with E-state index in [4.69, 9.17) is 14.2 Å². The van der Waals surface area contributed by atoms with Crippen molar-refractivity contribution in [3.8, 4) is 11.5 Å². The molecule has 29 heavy (non-hydrogen) atoms. The van der Waals surface area contributed by atoms with Crippen molar-refractivity contribution in [3.63, 3.8) is 0 Å². The molecule has 0 aromatic heterocycles. The Kier molecular flexibility index (Phi) is 8.50. The van der Waals surface area contributed by atoms with Crippen molar-refractivity contribution >= 4 is 17.8 Å². The van der Waals surface area contributed by atoms with Crippen molar-refractivity contribution in [1.82, 2.24) is 10.6 Å². The number of methoxy groups -OCH3 is 1. The summed E-state index contributed by atoms with van der Waals surface area (Å²) in [5.41, 5.74) is 1.27. The number of esters is 1. The number of carbonyl (C=O) groups excluding carboxylic acids is 3. The summed E-state index contributed by atoms with van der Waals surface area (Å²) in [6.07, 6.45) is 0. The third kappa shape index (κ3) is 7.53. The van der Waals surface area contributed by atoms with E-state index in [2.05, 4.69) is 10.6 Å². The van der Waals surface area contributed by atoms with Gasteiger partial charge in [-0.1, -0.05) is 12.1 Å². The Labute approximate surface area is 169 Å². The average molecular weight is 400 g/mol. The first-order valence-electron chi connectivity index (χ1n) is 9.08. The lowest BCUT2D eigenvalue weighted by Gasteiger charge is -2.08. The van der Waals surface area contributed by atoms with Crippen LogP contribution in [-0.2, 0) is 20.9 Å². The smallest absolute Gasteiger partial charge is 0.325 e. The number of benzene rings is 2. The minimum absolute atomic E-state index is 0.300. The zero-order valence-electron chi connectivity index (χ0n) is 16.4. The van der Waals surface area contributed by atoms with Gasteiger partial charge in [0.05, 0.1) is 13.7 Å². The molecule has 0 heterocycles. The molecule has 0 bridgehead atoms. The number of ether oxygens (including phenoxy) is 3. The summed E-state index contributed by atoms with van der Waals surface area (Å²) in [7, 11) is 1.58. The minimum Gasteiger partial charge on any atom is -0.497 e. The van der Waals surface area contributed by atoms with E-state index in [-0.39, 0.29) is 6.54 Å². The van der Waals surface area contributed by atoms with Gasteiger partial charge in [-0.05, 0) is 48.9 Å². The van der Waals surface area contributed by atoms with Crippen LogP contribution < -0.4 is 20.1 Å². The van der Waals surface area contributed by atoms with Gasteiger partial charge in [0, 0.05) is 12.1 Å². The molecule has 0 radical (unpaired) electrons. The minimum atomic E-state index is -0.705. The molecular weight excluding hydrogens is 376 g/mol. The topological polar surface area (TPSA) is 103 Å². The van der Waals surface area contributed by atoms with Crippen molar-refractivity contribution in [2.45, 2.75) is 13.5 Å². The molecule has 0 atom stereocenters. The van der Waals surface area contributed by atoms with Gasteiger partial charge < -0.3 is 24.8 Å². The summed E-state index contributed by atoms with van der Waals surface area (Å²) in [6.45, 7) is 1.94. The Morgan fingerprint density at radius 3 is 2.17 bits per heavy atom. The highest BCUT2D eigenvalue weighted by Gasteiger charge is 2.11. The van der Waals surface area contributed by atoms with Gasteiger partial charge in [-0.25, -0.2) is 0 Å². The summed E-state index contributed by atoms with van der Waals surface area (Å²) in [5.74, 6) is -0.185. The third-order valence-corrected chi connectivity index (χ3v) is 3.83. The maximum absolute atomic E-state index is 12.0. The molecule has 154 valence electrons. The van der Waals surface area contributed by atoms with E-state index in [0.717, 1.165) is 11.3 Å². The molecule has 2 aromatic rings. The fourth-order valence-corrected chi connectivity index (χ4v) is 2.32. The van der Waals surface area contributed by atoms with Crippen molar-refractivity contribution in [2.75, 3.05) is 26.9 Å². The van der Waals surface area contributed by atoms with Crippen LogP contribution in [0.25, 0.3) is 0 Å². The first-order chi connectivity index (χ1) is 14.0. The van der Waals surface area contributed by atoms with Crippen LogP contribution in [0.15, 0.2) is 48.5 Å². The number of hydrogen-bond acceptors (Lipinski definition) is 6. The van der Waals surface area contributed by atoms with E-state index >= 15 is 0 Å². The first kappa shape index (κ1) is 21.7. The summed E-state index contributed by atoms with van der Waals surface area (Å²) >= 11 is 0. The van der Waals surface area contributed by atoms with Crippen LogP contribution >= 0.6 is 0 Å². The second-order valence-corrected chi connectivity index (χ2v) is 5.93. The number of amides is 2. The summed E-state index contributed by atoms with van der Waals surface area (Å²) in [4.78, 5) is 35.5. The SMILES string of the molecule is CCOc1ccc(C(=O)NCC(=O)OCC(=O)NCc2ccc(OC)cc2)cc1. The Bertz CT molecular complexity index is 818. The Balaban J connectivity index is 1.66. The van der Waals surface area contributed by atoms with Crippen LogP contribution in [0.1, 0.15) is 22.8 Å². The van der Waals surface area contributed by atoms with E-state index in [1.807, 2.05) is 19.1 Å². The molecule has 0 aliphatic heterocycles. The molecular formula is C21H24N2O6. The van der Waals surface area contributed by atoms with Crippen molar-refractivity contribution in [2.24, 2.45) is 0 Å². The van der Waals surface area contributed by atoms with Gasteiger partial charge in [0.1, 0.15) is 18.0 Å². The fraction of sp³-hybridized carbons (Fsp3) is 0.286. The van der Waals surface area contributed by atoms with Crippen molar-refractivity contribution in [1.29, 1.82) is 0 Å². The highest BCUT2D eigenvalue weighted by Crippen LogP contribution is 2.12. The van der Waals surface area contributed by atoms with Gasteiger partial charge in [0.15, 0.2) is 6.61 Å². The van der Waals surface area contributed by atoms with E-state index in [1.165, 1.54) is 0 Å². The van der Waals surface area contributed by atoms with Gasteiger partial charge in [-0.3, -0.25) is 14.4 Å². The molecule has 0 saturated heterocycles. The van der Waals surface area contributed by atoms with Gasteiger partial charge in [0.2, 0.25) is 0 Å². The molecule has 2 rings (SSSR count). The predicted octanol–water partition coefficient (Wildman–Crippen LogP) is 1.68. The van der Waals surface area contributed by atoms with Crippen LogP contribution in [0, 0.1) is 0 Å². The molecule has 0 saturated carbocycles. The number of carbonyl (C=O) groups is 3. The van der Waals surface area contributed by atoms with Gasteiger partial charge in [-0.15, -0.1) is 0 Å². The van der Waals surface area contributed by atoms with E-state index in [9.17, 15) is 14.4 Å². The highest BCUT2D eigenvalue weighted by atomic mass is 16.5. The summed E-state index contributed by atoms with van der Waals surface area (Å²) in [5, 5.41) is 5.09. The molecule has 2 amide bonds. The van der Waals surface area contributed by atoms with Gasteiger partial charge >= 0.3 is 5.97 Å². The second kappa shape index (κ2) is 11.3. The Morgan fingerprint density at radius 2 is 1.55 bits per heavy atom. The lowest BCUT2D eigenvalue weighted by molar-refractivity contribution is -0.147. The molecule has 0 unspecified atom stereocenters. The molecule has 0 fully saturated rings. The fourth-order valence-electron chi connectivity index (χ4n) is 2.32. The van der Waals surface area contributed by atoms with Crippen molar-refractivity contribution in [3.05, 3.63) is 59.7 Å². The van der Waals surface area contributed by atoms with E-state index in [0.29, 0.717) is 24.5 Å². The van der Waals surface area contributed by atoms with Crippen LogP contribution in [0.2, 0.25) is 0 Å². The lowest BCUT2D eigenvalue weighted by atomic mass is 10.2. The van der Waals surface area contributed by atoms with Gasteiger partial charge in [0.25, 0.3) is 11.8 Å². The third-order valence-electron chi connectivity index (χ3n) is 3.83. The zero-order valence-corrected chi connectivity index (χ0v) is 16.4. The number of nitrogens with one attached hydrogen (secondary N) is 2. The predicted molar refractivity (Wildman–Crippen MR) is 106 cm³/mol. The van der Waals surface area contributed by atoms with Crippen LogP contribution in [-0.4, -0.2) is 44.7 Å². The number of hydrogen-bond donors (Lipinski definition) is 2. The lowest BCUT2D eigenvalue weighted by Crippen LogP contribution is -2.33. The highest BCUT2D eigenvalue weighted by molar-refractivity contribution is 5.96. The van der Waals surface area contributed by atoms with Crippen LogP contribution in [0.3, 0.4) is 0 Å². The molecule has 0 aliphatic rings. The maximum atomic E-state index is 12.0. The summed E-state index contributed by atoms with van der Waals surface area (Å²) in [6, 6.07) is 13.7. The van der Waals surface area contributed by atoms with E-state index < -0.39 is 24.4 Å². The molecule has 8 heteroatoms. The number of rotatable bonds is 10. The van der Waals surface area contributed by atoms with Crippen molar-refractivity contribution < 1.29 is 28.6 Å². The molecule has 8 nitrogen and oxygen atoms in total. The summed E-state index contributed by atoms with van der Waals surface area (Å²) < 4.78 is 15.2. The standard InChI is InChI=1S/C21H24N2O6/c1-3-28-18-10-6-16(7-11-18)21(26)23-13-20(25)29-14-19(24)22-12-15-4-8-17(27-2)9-5-15/h4-11H,3,12-14H2,1-2H3,(H,22,24)(H,23,26). The quantitative estimate of drug-likeness (QED) is 0.589. The first-order valence-corrected chi connectivity index (χ1v) is 9.08. The van der Waals surface area contributed by atoms with E-state index in [1.54, 1.807) is 43.5 Å². The molecule has 0 spiro atoms. The largest absolute Gasteiger partial charge is 0.497 e. The van der Waals surface area contributed by atoms with Gasteiger partial charge in [-0.2, -0.15) is 0 Å². The van der Waals surface area contributed by atoms with Crippen LogP contribution in [0.4, 0.5) is 0 Å². The monoisotopic (exact) mass is 400 g/mol. The Hall–Kier alpha value is -3.55.